The fourth-order valence-electron chi connectivity index (χ4n) is 2.29. The molecule has 0 fully saturated rings. The lowest BCUT2D eigenvalue weighted by molar-refractivity contribution is 0.474. The van der Waals surface area contributed by atoms with Crippen LogP contribution in [0.1, 0.15) is 100 Å². The summed E-state index contributed by atoms with van der Waals surface area (Å²) in [6.07, 6.45) is 2.64. The zero-order chi connectivity index (χ0) is 26.2. The van der Waals surface area contributed by atoms with Crippen molar-refractivity contribution in [2.75, 3.05) is 6.66 Å². The first-order chi connectivity index (χ1) is 15.3. The van der Waals surface area contributed by atoms with E-state index in [0.717, 1.165) is 17.0 Å². The monoisotopic (exact) mass is 478 g/mol. The Balaban J connectivity index is 0. The minimum Gasteiger partial charge on any atom is -0.508 e. The van der Waals surface area contributed by atoms with Gasteiger partial charge in [0, 0.05) is 17.7 Å². The molecule has 0 saturated carbocycles. The smallest absolute Gasteiger partial charge is 0.247 e. The Labute approximate surface area is 205 Å². The highest BCUT2D eigenvalue weighted by molar-refractivity contribution is 7.59. The Hall–Kier alpha value is -1.73. The summed E-state index contributed by atoms with van der Waals surface area (Å²) >= 11 is 0. The van der Waals surface area contributed by atoms with Gasteiger partial charge >= 0.3 is 0 Å². The molecule has 0 spiro atoms. The van der Waals surface area contributed by atoms with Gasteiger partial charge in [0.1, 0.15) is 11.5 Å². The van der Waals surface area contributed by atoms with Crippen molar-refractivity contribution in [3.63, 3.8) is 0 Å². The number of aromatic hydroxyl groups is 1. The number of phenols is 1. The summed E-state index contributed by atoms with van der Waals surface area (Å²) in [5, 5.41) is 9.44. The number of phenolic OH excluding ortho intramolecular Hbond substituents is 1. The molecule has 0 bridgehead atoms. The van der Waals surface area contributed by atoms with Crippen LogP contribution in [0.3, 0.4) is 0 Å². The van der Waals surface area contributed by atoms with Gasteiger partial charge in [-0.25, -0.2) is 0 Å². The Kier molecular flexibility index (Phi) is 17.0. The second-order valence-electron chi connectivity index (χ2n) is 9.52. The van der Waals surface area contributed by atoms with Crippen molar-refractivity contribution in [3.8, 4) is 11.5 Å². The Morgan fingerprint density at radius 1 is 0.818 bits per heavy atom. The van der Waals surface area contributed by atoms with E-state index in [1.165, 1.54) is 12.8 Å². The molecule has 4 heteroatoms. The molecule has 0 radical (unpaired) electrons. The predicted octanol–water partition coefficient (Wildman–Crippen LogP) is 9.91. The van der Waals surface area contributed by atoms with Crippen LogP contribution in [0.4, 0.5) is 0 Å². The summed E-state index contributed by atoms with van der Waals surface area (Å²) in [6, 6.07) is 15.0. The molecule has 1 unspecified atom stereocenters. The molecule has 0 aliphatic carbocycles. The van der Waals surface area contributed by atoms with Crippen LogP contribution in [0.15, 0.2) is 48.5 Å². The predicted molar refractivity (Wildman–Crippen MR) is 148 cm³/mol. The van der Waals surface area contributed by atoms with E-state index in [2.05, 4.69) is 48.5 Å². The molecule has 0 heterocycles. The number of hydrogen-bond acceptors (Lipinski definition) is 3. The highest BCUT2D eigenvalue weighted by Crippen LogP contribution is 2.48. The third-order valence-corrected chi connectivity index (χ3v) is 7.34. The lowest BCUT2D eigenvalue weighted by Gasteiger charge is -2.26. The van der Waals surface area contributed by atoms with E-state index < -0.39 is 7.37 Å². The second-order valence-corrected chi connectivity index (χ2v) is 12.6. The minimum atomic E-state index is -2.63. The van der Waals surface area contributed by atoms with Gasteiger partial charge in [0.25, 0.3) is 0 Å². The molecule has 2 aromatic rings. The molecule has 1 N–H and O–H groups in total. The fourth-order valence-corrected chi connectivity index (χ4v) is 3.04. The molecule has 0 aliphatic heterocycles. The summed E-state index contributed by atoms with van der Waals surface area (Å²) in [5.41, 5.74) is 2.05. The summed E-state index contributed by atoms with van der Waals surface area (Å²) < 4.78 is 18.0. The molecule has 0 aliphatic rings. The fraction of sp³-hybridized carbons (Fsp3) is 0.586. The normalized spacial score (nSPS) is 12.3. The van der Waals surface area contributed by atoms with Crippen LogP contribution in [-0.2, 0) is 9.98 Å². The molecule has 0 amide bonds. The first-order valence-electron chi connectivity index (χ1n) is 12.4. The standard InChI is InChI=1S/C19H25O3P.2C4H10.C2H6/c1-14(2)23(5,21)22-18-12-8-16(9-13-18)19(3,4)15-6-10-17(20)11-7-15;1-4(2)3;1-3-4-2;1-2/h6-14,20H,1-5H3;4H,1-3H3;3-4H2,1-2H3;1-2H3. The van der Waals surface area contributed by atoms with E-state index in [1.807, 2.05) is 64.1 Å². The van der Waals surface area contributed by atoms with E-state index in [1.54, 1.807) is 18.8 Å². The van der Waals surface area contributed by atoms with E-state index in [9.17, 15) is 9.67 Å². The number of unbranched alkanes of at least 4 members (excludes halogenated alkanes) is 1. The zero-order valence-corrected chi connectivity index (χ0v) is 24.3. The van der Waals surface area contributed by atoms with E-state index >= 15 is 0 Å². The second kappa shape index (κ2) is 16.8. The van der Waals surface area contributed by atoms with Crippen molar-refractivity contribution in [1.82, 2.24) is 0 Å². The Morgan fingerprint density at radius 2 is 1.15 bits per heavy atom. The highest BCUT2D eigenvalue weighted by atomic mass is 31.2. The van der Waals surface area contributed by atoms with Crippen molar-refractivity contribution in [2.45, 2.75) is 100 Å². The molecule has 2 aromatic carbocycles. The molecule has 2 rings (SSSR count). The maximum atomic E-state index is 12.4. The lowest BCUT2D eigenvalue weighted by Crippen LogP contribution is -2.18. The van der Waals surface area contributed by atoms with Gasteiger partial charge in [0.05, 0.1) is 0 Å². The molecule has 0 saturated heterocycles. The number of benzene rings is 2. The van der Waals surface area contributed by atoms with Gasteiger partial charge in [0.15, 0.2) is 0 Å². The molecule has 0 aromatic heterocycles. The maximum absolute atomic E-state index is 12.4. The van der Waals surface area contributed by atoms with Crippen LogP contribution < -0.4 is 4.52 Å². The maximum Gasteiger partial charge on any atom is 0.247 e. The average Bonchev–Trinajstić information content (AvgIpc) is 2.75. The zero-order valence-electron chi connectivity index (χ0n) is 23.4. The van der Waals surface area contributed by atoms with Crippen molar-refractivity contribution in [2.24, 2.45) is 5.92 Å². The van der Waals surface area contributed by atoms with Crippen LogP contribution >= 0.6 is 7.37 Å². The van der Waals surface area contributed by atoms with E-state index in [4.69, 9.17) is 4.52 Å². The van der Waals surface area contributed by atoms with Crippen LogP contribution in [0.2, 0.25) is 0 Å². The van der Waals surface area contributed by atoms with Crippen LogP contribution in [0.5, 0.6) is 11.5 Å². The summed E-state index contributed by atoms with van der Waals surface area (Å²) in [6.45, 7) is 24.6. The van der Waals surface area contributed by atoms with Gasteiger partial charge in [-0.2, -0.15) is 0 Å². The van der Waals surface area contributed by atoms with Crippen LogP contribution in [0, 0.1) is 5.92 Å². The third-order valence-electron chi connectivity index (χ3n) is 4.89. The quantitative estimate of drug-likeness (QED) is 0.420. The van der Waals surface area contributed by atoms with Gasteiger partial charge in [-0.15, -0.1) is 0 Å². The average molecular weight is 479 g/mol. The first kappa shape index (κ1) is 33.4. The first-order valence-corrected chi connectivity index (χ1v) is 14.6. The summed E-state index contributed by atoms with van der Waals surface area (Å²) in [7, 11) is -2.63. The Bertz CT molecular complexity index is 771. The van der Waals surface area contributed by atoms with Gasteiger partial charge in [0.2, 0.25) is 7.37 Å². The molecular formula is C29H51O3P. The highest BCUT2D eigenvalue weighted by Gasteiger charge is 2.25. The van der Waals surface area contributed by atoms with Gasteiger partial charge < -0.3 is 9.63 Å². The third kappa shape index (κ3) is 13.5. The van der Waals surface area contributed by atoms with Crippen LogP contribution in [-0.4, -0.2) is 17.4 Å². The lowest BCUT2D eigenvalue weighted by atomic mass is 9.78. The van der Waals surface area contributed by atoms with Gasteiger partial charge in [-0.1, -0.05) is 113 Å². The van der Waals surface area contributed by atoms with Gasteiger partial charge in [-0.05, 0) is 41.3 Å². The van der Waals surface area contributed by atoms with Crippen molar-refractivity contribution >= 4 is 7.37 Å². The number of rotatable bonds is 6. The molecule has 1 atom stereocenters. The summed E-state index contributed by atoms with van der Waals surface area (Å²) in [4.78, 5) is 0. The minimum absolute atomic E-state index is 0.00406. The molecular weight excluding hydrogens is 427 g/mol. The van der Waals surface area contributed by atoms with Crippen molar-refractivity contribution in [3.05, 3.63) is 59.7 Å². The van der Waals surface area contributed by atoms with Crippen LogP contribution in [0.25, 0.3) is 0 Å². The number of hydrogen-bond donors (Lipinski definition) is 1. The van der Waals surface area contributed by atoms with Crippen molar-refractivity contribution in [1.29, 1.82) is 0 Å². The SMILES string of the molecule is CC.CC(C)C.CC(C)P(C)(=O)Oc1ccc(C(C)(C)c2ccc(O)cc2)cc1.CCCC. The van der Waals surface area contributed by atoms with E-state index in [0.29, 0.717) is 5.75 Å². The molecule has 190 valence electrons. The van der Waals surface area contributed by atoms with Gasteiger partial charge in [-0.3, -0.25) is 4.57 Å². The largest absolute Gasteiger partial charge is 0.508 e. The van der Waals surface area contributed by atoms with E-state index in [-0.39, 0.29) is 16.8 Å². The molecule has 3 nitrogen and oxygen atoms in total. The Morgan fingerprint density at radius 3 is 1.45 bits per heavy atom. The topological polar surface area (TPSA) is 46.5 Å². The summed E-state index contributed by atoms with van der Waals surface area (Å²) in [5.74, 6) is 1.73. The van der Waals surface area contributed by atoms with Crippen molar-refractivity contribution < 1.29 is 14.2 Å². The molecule has 33 heavy (non-hydrogen) atoms.